The number of nitrogens with zero attached hydrogens (tertiary/aromatic N) is 2. The molecule has 0 spiro atoms. The van der Waals surface area contributed by atoms with Crippen molar-refractivity contribution in [2.45, 2.75) is 26.7 Å². The van der Waals surface area contributed by atoms with E-state index in [-0.39, 0.29) is 18.1 Å². The zero-order chi connectivity index (χ0) is 15.1. The van der Waals surface area contributed by atoms with E-state index in [0.29, 0.717) is 5.69 Å². The fraction of sp³-hybridized carbons (Fsp3) is 0.500. The minimum absolute atomic E-state index is 0.0229. The summed E-state index contributed by atoms with van der Waals surface area (Å²) in [4.78, 5) is 24.1. The highest BCUT2D eigenvalue weighted by atomic mass is 16.6. The van der Waals surface area contributed by atoms with Gasteiger partial charge in [0.25, 0.3) is 5.69 Å². The molecule has 1 aromatic carbocycles. The van der Waals surface area contributed by atoms with Crippen LogP contribution in [0.4, 0.5) is 11.4 Å². The molecule has 1 amide bonds. The molecule has 0 aliphatic rings. The van der Waals surface area contributed by atoms with E-state index in [0.717, 1.165) is 24.9 Å². The molecule has 0 saturated heterocycles. The third-order valence-corrected chi connectivity index (χ3v) is 3.01. The highest BCUT2D eigenvalue weighted by Crippen LogP contribution is 2.21. The second kappa shape index (κ2) is 7.59. The van der Waals surface area contributed by atoms with Crippen LogP contribution in [0.1, 0.15) is 25.3 Å². The number of aryl methyl sites for hydroxylation is 1. The molecule has 0 bridgehead atoms. The summed E-state index contributed by atoms with van der Waals surface area (Å²) in [6.07, 6.45) is 2.12. The number of nitro groups is 1. The molecule has 6 nitrogen and oxygen atoms in total. The van der Waals surface area contributed by atoms with Gasteiger partial charge in [0.05, 0.1) is 17.2 Å². The number of carbonyl (C=O) groups is 1. The summed E-state index contributed by atoms with van der Waals surface area (Å²) in [5, 5.41) is 13.5. The summed E-state index contributed by atoms with van der Waals surface area (Å²) < 4.78 is 0. The predicted octanol–water partition coefficient (Wildman–Crippen LogP) is 2.57. The first-order valence-corrected chi connectivity index (χ1v) is 6.67. The number of hydrogen-bond acceptors (Lipinski definition) is 4. The maximum absolute atomic E-state index is 11.9. The van der Waals surface area contributed by atoms with Gasteiger partial charge in [-0.1, -0.05) is 19.4 Å². The van der Waals surface area contributed by atoms with Crippen LogP contribution in [0.2, 0.25) is 0 Å². The lowest BCUT2D eigenvalue weighted by atomic mass is 10.2. The number of carbonyl (C=O) groups excluding carboxylic acids is 1. The van der Waals surface area contributed by atoms with Crippen molar-refractivity contribution in [2.75, 3.05) is 25.5 Å². The van der Waals surface area contributed by atoms with E-state index in [1.54, 1.807) is 13.0 Å². The molecule has 6 heteroatoms. The first-order valence-electron chi connectivity index (χ1n) is 6.67. The summed E-state index contributed by atoms with van der Waals surface area (Å²) in [6.45, 7) is 5.04. The monoisotopic (exact) mass is 279 g/mol. The summed E-state index contributed by atoms with van der Waals surface area (Å²) in [7, 11) is 1.88. The van der Waals surface area contributed by atoms with Gasteiger partial charge in [-0.05, 0) is 32.5 Å². The molecule has 1 N–H and O–H groups in total. The molecule has 0 unspecified atom stereocenters. The van der Waals surface area contributed by atoms with Gasteiger partial charge in [0.1, 0.15) is 0 Å². The van der Waals surface area contributed by atoms with E-state index in [1.807, 2.05) is 11.9 Å². The molecule has 0 saturated carbocycles. The van der Waals surface area contributed by atoms with Crippen molar-refractivity contribution in [1.29, 1.82) is 0 Å². The fourth-order valence-electron chi connectivity index (χ4n) is 1.80. The average molecular weight is 279 g/mol. The zero-order valence-corrected chi connectivity index (χ0v) is 12.2. The van der Waals surface area contributed by atoms with E-state index in [4.69, 9.17) is 0 Å². The maximum Gasteiger partial charge on any atom is 0.271 e. The highest BCUT2D eigenvalue weighted by Gasteiger charge is 2.12. The van der Waals surface area contributed by atoms with Crippen molar-refractivity contribution in [3.8, 4) is 0 Å². The molecule has 0 radical (unpaired) electrons. The predicted molar refractivity (Wildman–Crippen MR) is 78.9 cm³/mol. The summed E-state index contributed by atoms with van der Waals surface area (Å²) in [6, 6.07) is 4.45. The minimum Gasteiger partial charge on any atom is -0.324 e. The lowest BCUT2D eigenvalue weighted by molar-refractivity contribution is -0.384. The highest BCUT2D eigenvalue weighted by molar-refractivity contribution is 5.93. The molecular formula is C14H21N3O3. The lowest BCUT2D eigenvalue weighted by Crippen LogP contribution is -2.31. The smallest absolute Gasteiger partial charge is 0.271 e. The van der Waals surface area contributed by atoms with Crippen molar-refractivity contribution in [3.63, 3.8) is 0 Å². The molecule has 0 fully saturated rings. The largest absolute Gasteiger partial charge is 0.324 e. The van der Waals surface area contributed by atoms with Gasteiger partial charge in [0, 0.05) is 12.1 Å². The van der Waals surface area contributed by atoms with Gasteiger partial charge >= 0.3 is 0 Å². The molecule has 0 atom stereocenters. The fourth-order valence-corrected chi connectivity index (χ4v) is 1.80. The van der Waals surface area contributed by atoms with Crippen LogP contribution >= 0.6 is 0 Å². The molecule has 0 aliphatic carbocycles. The third kappa shape index (κ3) is 4.97. The van der Waals surface area contributed by atoms with E-state index in [1.165, 1.54) is 12.1 Å². The SMILES string of the molecule is CCCCN(C)CC(=O)Nc1cc([N+](=O)[O-])ccc1C. The Morgan fingerprint density at radius 2 is 2.15 bits per heavy atom. The van der Waals surface area contributed by atoms with E-state index >= 15 is 0 Å². The van der Waals surface area contributed by atoms with Crippen LogP contribution in [0.3, 0.4) is 0 Å². The van der Waals surface area contributed by atoms with Crippen molar-refractivity contribution >= 4 is 17.3 Å². The topological polar surface area (TPSA) is 75.5 Å². The van der Waals surface area contributed by atoms with Crippen molar-refractivity contribution in [3.05, 3.63) is 33.9 Å². The van der Waals surface area contributed by atoms with Crippen LogP contribution in [0.5, 0.6) is 0 Å². The Morgan fingerprint density at radius 1 is 1.45 bits per heavy atom. The number of non-ortho nitro benzene ring substituents is 1. The molecule has 0 aromatic heterocycles. The van der Waals surface area contributed by atoms with Crippen LogP contribution in [0, 0.1) is 17.0 Å². The first-order chi connectivity index (χ1) is 9.43. The Balaban J connectivity index is 2.65. The minimum atomic E-state index is -0.470. The molecule has 0 aliphatic heterocycles. The number of hydrogen-bond donors (Lipinski definition) is 1. The Labute approximate surface area is 118 Å². The number of unbranched alkanes of at least 4 members (excludes halogenated alkanes) is 1. The molecular weight excluding hydrogens is 258 g/mol. The first kappa shape index (κ1) is 16.1. The Hall–Kier alpha value is -1.95. The molecule has 110 valence electrons. The van der Waals surface area contributed by atoms with Gasteiger partial charge in [-0.25, -0.2) is 0 Å². The summed E-state index contributed by atoms with van der Waals surface area (Å²) in [5.74, 6) is -0.160. The zero-order valence-electron chi connectivity index (χ0n) is 12.2. The number of benzene rings is 1. The van der Waals surface area contributed by atoms with Gasteiger partial charge in [-0.3, -0.25) is 19.8 Å². The summed E-state index contributed by atoms with van der Waals surface area (Å²) in [5.41, 5.74) is 1.28. The van der Waals surface area contributed by atoms with E-state index < -0.39 is 4.92 Å². The van der Waals surface area contributed by atoms with Crippen molar-refractivity contribution in [1.82, 2.24) is 4.90 Å². The quantitative estimate of drug-likeness (QED) is 0.615. The van der Waals surface area contributed by atoms with E-state index in [9.17, 15) is 14.9 Å². The van der Waals surface area contributed by atoms with Crippen molar-refractivity contribution < 1.29 is 9.72 Å². The van der Waals surface area contributed by atoms with E-state index in [2.05, 4.69) is 12.2 Å². The Kier molecular flexibility index (Phi) is 6.11. The normalized spacial score (nSPS) is 10.6. The van der Waals surface area contributed by atoms with Gasteiger partial charge in [-0.15, -0.1) is 0 Å². The van der Waals surface area contributed by atoms with Gasteiger partial charge in [-0.2, -0.15) is 0 Å². The number of likely N-dealkylation sites (N-methyl/N-ethyl adjacent to an activating group) is 1. The lowest BCUT2D eigenvalue weighted by Gasteiger charge is -2.16. The van der Waals surface area contributed by atoms with Crippen LogP contribution in [-0.4, -0.2) is 35.9 Å². The maximum atomic E-state index is 11.9. The van der Waals surface area contributed by atoms with Crippen molar-refractivity contribution in [2.24, 2.45) is 0 Å². The number of anilines is 1. The van der Waals surface area contributed by atoms with Gasteiger partial charge < -0.3 is 5.32 Å². The van der Waals surface area contributed by atoms with Crippen LogP contribution < -0.4 is 5.32 Å². The summed E-state index contributed by atoms with van der Waals surface area (Å²) >= 11 is 0. The second-order valence-corrected chi connectivity index (χ2v) is 4.90. The average Bonchev–Trinajstić information content (AvgIpc) is 2.38. The molecule has 20 heavy (non-hydrogen) atoms. The van der Waals surface area contributed by atoms with Crippen LogP contribution in [0.25, 0.3) is 0 Å². The number of amides is 1. The Bertz CT molecular complexity index is 489. The standard InChI is InChI=1S/C14H21N3O3/c1-4-5-8-16(3)10-14(18)15-13-9-12(17(19)20)7-6-11(13)2/h6-7,9H,4-5,8,10H2,1-3H3,(H,15,18). The Morgan fingerprint density at radius 3 is 2.75 bits per heavy atom. The number of nitrogens with one attached hydrogen (secondary N) is 1. The van der Waals surface area contributed by atoms with Crippen LogP contribution in [0.15, 0.2) is 18.2 Å². The molecule has 1 rings (SSSR count). The molecule has 0 heterocycles. The van der Waals surface area contributed by atoms with Crippen LogP contribution in [-0.2, 0) is 4.79 Å². The second-order valence-electron chi connectivity index (χ2n) is 4.90. The third-order valence-electron chi connectivity index (χ3n) is 3.01. The molecule has 1 aromatic rings. The number of nitro benzene ring substituents is 1. The van der Waals surface area contributed by atoms with Gasteiger partial charge in [0.15, 0.2) is 0 Å². The number of rotatable bonds is 7. The van der Waals surface area contributed by atoms with Gasteiger partial charge in [0.2, 0.25) is 5.91 Å².